The molecule has 0 aromatic heterocycles. The largest absolute Gasteiger partial charge is 0.346 e. The van der Waals surface area contributed by atoms with E-state index in [1.54, 1.807) is 0 Å². The van der Waals surface area contributed by atoms with Crippen LogP contribution in [0.15, 0.2) is 30.3 Å². The van der Waals surface area contributed by atoms with Gasteiger partial charge in [0.15, 0.2) is 5.11 Å². The van der Waals surface area contributed by atoms with Crippen molar-refractivity contribution in [3.05, 3.63) is 30.3 Å². The molecule has 1 aromatic rings. The molecule has 80 valence electrons. The lowest BCUT2D eigenvalue weighted by atomic mass is 10.2. The minimum Gasteiger partial charge on any atom is -0.346 e. The maximum atomic E-state index is 5.39. The van der Waals surface area contributed by atoms with Crippen LogP contribution in [0.5, 0.6) is 0 Å². The Labute approximate surface area is 96.3 Å². The van der Waals surface area contributed by atoms with Crippen molar-refractivity contribution in [2.24, 2.45) is 0 Å². The predicted octanol–water partition coefficient (Wildman–Crippen LogP) is 2.87. The standard InChI is InChI=1S/C12H16N2S/c1-10-6-5-9-14(10)12(15)13-11-7-3-2-4-8-11/h2-4,7-8,10H,5-6,9H2,1H3,(H,13,15). The van der Waals surface area contributed by atoms with E-state index in [4.69, 9.17) is 12.2 Å². The third-order valence-electron chi connectivity index (χ3n) is 2.84. The Kier molecular flexibility index (Phi) is 3.21. The molecular formula is C12H16N2S. The van der Waals surface area contributed by atoms with E-state index in [0.717, 1.165) is 17.3 Å². The van der Waals surface area contributed by atoms with Gasteiger partial charge in [-0.15, -0.1) is 0 Å². The molecule has 2 nitrogen and oxygen atoms in total. The van der Waals surface area contributed by atoms with Crippen molar-refractivity contribution >= 4 is 23.0 Å². The summed E-state index contributed by atoms with van der Waals surface area (Å²) in [5, 5.41) is 4.12. The normalized spacial score (nSPS) is 20.3. The molecule has 0 bridgehead atoms. The van der Waals surface area contributed by atoms with Crippen LogP contribution in [-0.4, -0.2) is 22.6 Å². The molecule has 1 saturated heterocycles. The van der Waals surface area contributed by atoms with E-state index in [0.29, 0.717) is 6.04 Å². The van der Waals surface area contributed by atoms with Gasteiger partial charge < -0.3 is 10.2 Å². The zero-order valence-corrected chi connectivity index (χ0v) is 9.76. The molecule has 1 heterocycles. The molecule has 1 fully saturated rings. The molecule has 0 amide bonds. The Morgan fingerprint density at radius 1 is 1.40 bits per heavy atom. The molecule has 0 radical (unpaired) electrons. The zero-order chi connectivity index (χ0) is 10.7. The molecule has 2 rings (SSSR count). The lowest BCUT2D eigenvalue weighted by Gasteiger charge is -2.24. The van der Waals surface area contributed by atoms with Gasteiger partial charge in [-0.1, -0.05) is 18.2 Å². The van der Waals surface area contributed by atoms with Crippen molar-refractivity contribution in [2.75, 3.05) is 11.9 Å². The van der Waals surface area contributed by atoms with Crippen LogP contribution in [0.3, 0.4) is 0 Å². The van der Waals surface area contributed by atoms with Gasteiger partial charge in [0.2, 0.25) is 0 Å². The van der Waals surface area contributed by atoms with Gasteiger partial charge in [-0.2, -0.15) is 0 Å². The number of hydrogen-bond donors (Lipinski definition) is 1. The number of hydrogen-bond acceptors (Lipinski definition) is 1. The molecule has 1 aliphatic rings. The monoisotopic (exact) mass is 220 g/mol. The summed E-state index contributed by atoms with van der Waals surface area (Å²) in [6.07, 6.45) is 2.49. The highest BCUT2D eigenvalue weighted by atomic mass is 32.1. The Balaban J connectivity index is 1.98. The second kappa shape index (κ2) is 4.62. The molecule has 1 atom stereocenters. The summed E-state index contributed by atoms with van der Waals surface area (Å²) < 4.78 is 0. The van der Waals surface area contributed by atoms with E-state index < -0.39 is 0 Å². The second-order valence-electron chi connectivity index (χ2n) is 3.98. The van der Waals surface area contributed by atoms with Crippen LogP contribution >= 0.6 is 12.2 Å². The number of anilines is 1. The minimum absolute atomic E-state index is 0.578. The smallest absolute Gasteiger partial charge is 0.173 e. The fourth-order valence-electron chi connectivity index (χ4n) is 1.95. The van der Waals surface area contributed by atoms with Crippen LogP contribution in [-0.2, 0) is 0 Å². The molecular weight excluding hydrogens is 204 g/mol. The highest BCUT2D eigenvalue weighted by molar-refractivity contribution is 7.80. The van der Waals surface area contributed by atoms with Gasteiger partial charge in [0.1, 0.15) is 0 Å². The molecule has 1 unspecified atom stereocenters. The van der Waals surface area contributed by atoms with Crippen molar-refractivity contribution in [2.45, 2.75) is 25.8 Å². The van der Waals surface area contributed by atoms with Gasteiger partial charge in [0, 0.05) is 18.3 Å². The summed E-state index contributed by atoms with van der Waals surface area (Å²) >= 11 is 5.39. The third-order valence-corrected chi connectivity index (χ3v) is 3.18. The highest BCUT2D eigenvalue weighted by Gasteiger charge is 2.22. The van der Waals surface area contributed by atoms with Crippen LogP contribution in [0.25, 0.3) is 0 Å². The van der Waals surface area contributed by atoms with Gasteiger partial charge in [-0.25, -0.2) is 0 Å². The molecule has 3 heteroatoms. The summed E-state index contributed by atoms with van der Waals surface area (Å²) in [6.45, 7) is 3.31. The Bertz CT molecular complexity index is 337. The molecule has 1 aliphatic heterocycles. The third kappa shape index (κ3) is 2.48. The zero-order valence-electron chi connectivity index (χ0n) is 8.94. The van der Waals surface area contributed by atoms with Crippen LogP contribution in [0.1, 0.15) is 19.8 Å². The average molecular weight is 220 g/mol. The van der Waals surface area contributed by atoms with E-state index in [9.17, 15) is 0 Å². The first kappa shape index (κ1) is 10.4. The van der Waals surface area contributed by atoms with Crippen LogP contribution < -0.4 is 5.32 Å². The maximum absolute atomic E-state index is 5.39. The van der Waals surface area contributed by atoms with Gasteiger partial charge >= 0.3 is 0 Å². The number of benzene rings is 1. The van der Waals surface area contributed by atoms with E-state index in [-0.39, 0.29) is 0 Å². The molecule has 1 N–H and O–H groups in total. The van der Waals surface area contributed by atoms with E-state index in [1.807, 2.05) is 30.3 Å². The summed E-state index contributed by atoms with van der Waals surface area (Å²) in [5.41, 5.74) is 1.07. The second-order valence-corrected chi connectivity index (χ2v) is 4.37. The van der Waals surface area contributed by atoms with Crippen molar-refractivity contribution in [1.82, 2.24) is 4.90 Å². The fourth-order valence-corrected chi connectivity index (χ4v) is 2.34. The van der Waals surface area contributed by atoms with Gasteiger partial charge in [0.05, 0.1) is 0 Å². The summed E-state index contributed by atoms with van der Waals surface area (Å²) in [4.78, 5) is 2.27. The summed E-state index contributed by atoms with van der Waals surface area (Å²) in [7, 11) is 0. The number of rotatable bonds is 1. The fraction of sp³-hybridized carbons (Fsp3) is 0.417. The van der Waals surface area contributed by atoms with E-state index in [1.165, 1.54) is 12.8 Å². The van der Waals surface area contributed by atoms with Crippen LogP contribution in [0, 0.1) is 0 Å². The Hall–Kier alpha value is -1.09. The van der Waals surface area contributed by atoms with Gasteiger partial charge in [0.25, 0.3) is 0 Å². The van der Waals surface area contributed by atoms with Gasteiger partial charge in [-0.3, -0.25) is 0 Å². The molecule has 1 aromatic carbocycles. The number of para-hydroxylation sites is 1. The van der Waals surface area contributed by atoms with Crippen molar-refractivity contribution < 1.29 is 0 Å². The Morgan fingerprint density at radius 3 is 2.73 bits per heavy atom. The van der Waals surface area contributed by atoms with Crippen LogP contribution in [0.2, 0.25) is 0 Å². The molecule has 0 aliphatic carbocycles. The molecule has 15 heavy (non-hydrogen) atoms. The average Bonchev–Trinajstić information content (AvgIpc) is 2.66. The van der Waals surface area contributed by atoms with Crippen LogP contribution in [0.4, 0.5) is 5.69 Å². The molecule has 0 spiro atoms. The first-order valence-electron chi connectivity index (χ1n) is 5.40. The topological polar surface area (TPSA) is 15.3 Å². The van der Waals surface area contributed by atoms with E-state index in [2.05, 4.69) is 17.1 Å². The maximum Gasteiger partial charge on any atom is 0.173 e. The van der Waals surface area contributed by atoms with Crippen molar-refractivity contribution in [3.8, 4) is 0 Å². The number of thiocarbonyl (C=S) groups is 1. The van der Waals surface area contributed by atoms with Gasteiger partial charge in [-0.05, 0) is 44.1 Å². The lowest BCUT2D eigenvalue weighted by Crippen LogP contribution is -2.36. The first-order valence-corrected chi connectivity index (χ1v) is 5.81. The SMILES string of the molecule is CC1CCCN1C(=S)Nc1ccccc1. The minimum atomic E-state index is 0.578. The summed E-state index contributed by atoms with van der Waals surface area (Å²) in [6, 6.07) is 10.7. The predicted molar refractivity (Wildman–Crippen MR) is 68.1 cm³/mol. The highest BCUT2D eigenvalue weighted by Crippen LogP contribution is 2.18. The Morgan fingerprint density at radius 2 is 2.13 bits per heavy atom. The first-order chi connectivity index (χ1) is 7.27. The number of nitrogens with one attached hydrogen (secondary N) is 1. The number of nitrogens with zero attached hydrogens (tertiary/aromatic N) is 1. The molecule has 0 saturated carbocycles. The van der Waals surface area contributed by atoms with Crippen molar-refractivity contribution in [3.63, 3.8) is 0 Å². The number of likely N-dealkylation sites (tertiary alicyclic amines) is 1. The lowest BCUT2D eigenvalue weighted by molar-refractivity contribution is 0.421. The quantitative estimate of drug-likeness (QED) is 0.733. The van der Waals surface area contributed by atoms with E-state index >= 15 is 0 Å². The van der Waals surface area contributed by atoms with Crippen molar-refractivity contribution in [1.29, 1.82) is 0 Å². The summed E-state index contributed by atoms with van der Waals surface area (Å²) in [5.74, 6) is 0.